The summed E-state index contributed by atoms with van der Waals surface area (Å²) in [7, 11) is -3.09. The van der Waals surface area contributed by atoms with E-state index in [1.54, 1.807) is 6.08 Å². The van der Waals surface area contributed by atoms with Crippen molar-refractivity contribution >= 4 is 10.0 Å². The van der Waals surface area contributed by atoms with Crippen LogP contribution >= 0.6 is 0 Å². The van der Waals surface area contributed by atoms with E-state index in [1.165, 1.54) is 0 Å². The molecule has 0 spiro atoms. The second-order valence-corrected chi connectivity index (χ2v) is 4.97. The maximum atomic E-state index is 11.2. The number of rotatable bonds is 9. The first-order valence-corrected chi connectivity index (χ1v) is 6.56. The van der Waals surface area contributed by atoms with Gasteiger partial charge in [-0.05, 0) is 19.4 Å². The molecule has 0 radical (unpaired) electrons. The highest BCUT2D eigenvalue weighted by molar-refractivity contribution is 7.89. The van der Waals surface area contributed by atoms with Crippen molar-refractivity contribution in [1.29, 1.82) is 0 Å². The molecule has 0 saturated carbocycles. The van der Waals surface area contributed by atoms with Crippen molar-refractivity contribution in [3.05, 3.63) is 12.7 Å². The third kappa shape index (κ3) is 8.22. The molecule has 0 heterocycles. The lowest BCUT2D eigenvalue weighted by atomic mass is 10.5. The van der Waals surface area contributed by atoms with Gasteiger partial charge in [-0.3, -0.25) is 0 Å². The molecular formula is C9H20N2O2S. The van der Waals surface area contributed by atoms with Gasteiger partial charge < -0.3 is 5.32 Å². The second kappa shape index (κ2) is 7.96. The molecule has 0 fully saturated rings. The quantitative estimate of drug-likeness (QED) is 0.439. The van der Waals surface area contributed by atoms with Crippen molar-refractivity contribution in [2.75, 3.05) is 25.4 Å². The molecule has 0 aromatic heterocycles. The first kappa shape index (κ1) is 13.6. The first-order chi connectivity index (χ1) is 6.62. The van der Waals surface area contributed by atoms with Crippen molar-refractivity contribution in [3.63, 3.8) is 0 Å². The average molecular weight is 220 g/mol. The molecule has 0 aliphatic heterocycles. The van der Waals surface area contributed by atoms with Gasteiger partial charge in [-0.25, -0.2) is 13.1 Å². The normalized spacial score (nSPS) is 11.5. The molecule has 0 atom stereocenters. The van der Waals surface area contributed by atoms with Crippen LogP contribution < -0.4 is 10.0 Å². The highest BCUT2D eigenvalue weighted by Crippen LogP contribution is 1.88. The molecule has 0 bridgehead atoms. The van der Waals surface area contributed by atoms with E-state index in [4.69, 9.17) is 0 Å². The largest absolute Gasteiger partial charge is 0.315 e. The molecule has 0 aromatic carbocycles. The van der Waals surface area contributed by atoms with Crippen LogP contribution in [-0.4, -0.2) is 33.8 Å². The number of hydrogen-bond acceptors (Lipinski definition) is 3. The topological polar surface area (TPSA) is 58.2 Å². The lowest BCUT2D eigenvalue weighted by molar-refractivity contribution is 0.575. The van der Waals surface area contributed by atoms with Crippen LogP contribution in [0.25, 0.3) is 0 Å². The molecular weight excluding hydrogens is 200 g/mol. The van der Waals surface area contributed by atoms with E-state index < -0.39 is 10.0 Å². The standard InChI is InChI=1S/C9H20N2O2S/c1-3-5-9-14(12,13)11-8-7-10-6-4-2/h3,10-11H,1,4-9H2,2H3. The molecule has 0 aliphatic rings. The van der Waals surface area contributed by atoms with E-state index in [1.807, 2.05) is 0 Å². The lowest BCUT2D eigenvalue weighted by Crippen LogP contribution is -2.33. The molecule has 0 aromatic rings. The van der Waals surface area contributed by atoms with Crippen molar-refractivity contribution in [2.45, 2.75) is 19.8 Å². The van der Waals surface area contributed by atoms with Crippen molar-refractivity contribution < 1.29 is 8.42 Å². The summed E-state index contributed by atoms with van der Waals surface area (Å²) in [6.45, 7) is 7.62. The Morgan fingerprint density at radius 1 is 1.29 bits per heavy atom. The van der Waals surface area contributed by atoms with E-state index in [2.05, 4.69) is 23.5 Å². The van der Waals surface area contributed by atoms with E-state index in [0.717, 1.165) is 13.0 Å². The molecule has 0 saturated heterocycles. The van der Waals surface area contributed by atoms with Crippen LogP contribution in [0.5, 0.6) is 0 Å². The third-order valence-electron chi connectivity index (χ3n) is 1.64. The fraction of sp³-hybridized carbons (Fsp3) is 0.778. The molecule has 84 valence electrons. The van der Waals surface area contributed by atoms with Gasteiger partial charge in [-0.2, -0.15) is 0 Å². The summed E-state index contributed by atoms with van der Waals surface area (Å²) in [5, 5.41) is 3.12. The van der Waals surface area contributed by atoms with Crippen LogP contribution in [0.4, 0.5) is 0 Å². The monoisotopic (exact) mass is 220 g/mol. The van der Waals surface area contributed by atoms with Gasteiger partial charge in [-0.15, -0.1) is 6.58 Å². The van der Waals surface area contributed by atoms with Gasteiger partial charge in [0, 0.05) is 13.1 Å². The molecule has 0 unspecified atom stereocenters. The van der Waals surface area contributed by atoms with Crippen molar-refractivity contribution in [1.82, 2.24) is 10.0 Å². The van der Waals surface area contributed by atoms with Gasteiger partial charge in [-0.1, -0.05) is 13.0 Å². The fourth-order valence-electron chi connectivity index (χ4n) is 0.907. The van der Waals surface area contributed by atoms with Gasteiger partial charge in [0.15, 0.2) is 0 Å². The second-order valence-electron chi connectivity index (χ2n) is 3.04. The summed E-state index contributed by atoms with van der Waals surface area (Å²) in [5.74, 6) is 0.129. The van der Waals surface area contributed by atoms with Gasteiger partial charge in [0.1, 0.15) is 0 Å². The lowest BCUT2D eigenvalue weighted by Gasteiger charge is -2.05. The Morgan fingerprint density at radius 3 is 2.57 bits per heavy atom. The number of sulfonamides is 1. The van der Waals surface area contributed by atoms with Crippen LogP contribution in [0, 0.1) is 0 Å². The Kier molecular flexibility index (Phi) is 7.74. The minimum absolute atomic E-state index is 0.129. The van der Waals surface area contributed by atoms with Gasteiger partial charge >= 0.3 is 0 Å². The van der Waals surface area contributed by atoms with Crippen molar-refractivity contribution in [2.24, 2.45) is 0 Å². The zero-order valence-corrected chi connectivity index (χ0v) is 9.57. The number of nitrogens with one attached hydrogen (secondary N) is 2. The molecule has 5 heteroatoms. The Balaban J connectivity index is 3.50. The van der Waals surface area contributed by atoms with Crippen LogP contribution in [0.2, 0.25) is 0 Å². The summed E-state index contributed by atoms with van der Waals surface area (Å²) in [4.78, 5) is 0. The van der Waals surface area contributed by atoms with Gasteiger partial charge in [0.05, 0.1) is 5.75 Å². The third-order valence-corrected chi connectivity index (χ3v) is 3.06. The fourth-order valence-corrected chi connectivity index (χ4v) is 1.94. The summed E-state index contributed by atoms with van der Waals surface area (Å²) < 4.78 is 25.0. The SMILES string of the molecule is C=CCCS(=O)(=O)NCCNCCC. The highest BCUT2D eigenvalue weighted by atomic mass is 32.2. The number of allylic oxidation sites excluding steroid dienone is 1. The Hall–Kier alpha value is -0.390. The zero-order chi connectivity index (χ0) is 10.9. The summed E-state index contributed by atoms with van der Waals surface area (Å²) in [6.07, 6.45) is 3.16. The van der Waals surface area contributed by atoms with Crippen LogP contribution in [0.3, 0.4) is 0 Å². The Morgan fingerprint density at radius 2 is 2.00 bits per heavy atom. The first-order valence-electron chi connectivity index (χ1n) is 4.91. The summed E-state index contributed by atoms with van der Waals surface area (Å²) >= 11 is 0. The Bertz CT molecular complexity index is 237. The van der Waals surface area contributed by atoms with E-state index in [0.29, 0.717) is 19.5 Å². The summed E-state index contributed by atoms with van der Waals surface area (Å²) in [5.41, 5.74) is 0. The Labute approximate surface area is 86.8 Å². The molecule has 0 rings (SSSR count). The van der Waals surface area contributed by atoms with Crippen LogP contribution in [-0.2, 0) is 10.0 Å². The molecule has 14 heavy (non-hydrogen) atoms. The van der Waals surface area contributed by atoms with Gasteiger partial charge in [0.25, 0.3) is 0 Å². The average Bonchev–Trinajstić information content (AvgIpc) is 2.15. The van der Waals surface area contributed by atoms with Crippen molar-refractivity contribution in [3.8, 4) is 0 Å². The van der Waals surface area contributed by atoms with E-state index >= 15 is 0 Å². The van der Waals surface area contributed by atoms with Crippen LogP contribution in [0.1, 0.15) is 19.8 Å². The van der Waals surface area contributed by atoms with E-state index in [9.17, 15) is 8.42 Å². The van der Waals surface area contributed by atoms with Crippen LogP contribution in [0.15, 0.2) is 12.7 Å². The molecule has 0 amide bonds. The summed E-state index contributed by atoms with van der Waals surface area (Å²) in [6, 6.07) is 0. The van der Waals surface area contributed by atoms with E-state index in [-0.39, 0.29) is 5.75 Å². The predicted octanol–water partition coefficient (Wildman–Crippen LogP) is 0.481. The van der Waals surface area contributed by atoms with Gasteiger partial charge in [0.2, 0.25) is 10.0 Å². The maximum Gasteiger partial charge on any atom is 0.211 e. The zero-order valence-electron chi connectivity index (χ0n) is 8.75. The minimum Gasteiger partial charge on any atom is -0.315 e. The molecule has 2 N–H and O–H groups in total. The predicted molar refractivity (Wildman–Crippen MR) is 59.8 cm³/mol. The number of hydrogen-bond donors (Lipinski definition) is 2. The maximum absolute atomic E-state index is 11.2. The smallest absolute Gasteiger partial charge is 0.211 e. The molecule has 4 nitrogen and oxygen atoms in total. The minimum atomic E-state index is -3.09. The highest BCUT2D eigenvalue weighted by Gasteiger charge is 2.06. The molecule has 0 aliphatic carbocycles.